The normalized spacial score (nSPS) is 24.7. The van der Waals surface area contributed by atoms with E-state index >= 15 is 4.39 Å². The van der Waals surface area contributed by atoms with Crippen LogP contribution >= 0.6 is 11.6 Å². The van der Waals surface area contributed by atoms with E-state index in [1.54, 1.807) is 17.0 Å². The van der Waals surface area contributed by atoms with Crippen LogP contribution in [0.1, 0.15) is 25.3 Å². The number of carbonyl (C=O) groups is 1. The lowest BCUT2D eigenvalue weighted by molar-refractivity contribution is -0.00924. The van der Waals surface area contributed by atoms with Crippen molar-refractivity contribution in [3.05, 3.63) is 40.9 Å². The van der Waals surface area contributed by atoms with E-state index in [9.17, 15) is 4.79 Å². The summed E-state index contributed by atoms with van der Waals surface area (Å²) in [5.41, 5.74) is 0.420. The van der Waals surface area contributed by atoms with E-state index in [1.165, 1.54) is 12.4 Å². The highest BCUT2D eigenvalue weighted by Crippen LogP contribution is 2.40. The third-order valence-corrected chi connectivity index (χ3v) is 6.43. The Morgan fingerprint density at radius 2 is 2.21 bits per heavy atom. The number of fused-ring (bicyclic) bond motifs is 2. The summed E-state index contributed by atoms with van der Waals surface area (Å²) < 4.78 is 32.4. The van der Waals surface area contributed by atoms with Crippen LogP contribution in [0.2, 0.25) is 5.02 Å². The van der Waals surface area contributed by atoms with Gasteiger partial charge in [0.25, 0.3) is 5.88 Å². The molecular formula is C22H21ClFN5O4. The number of piperidine rings is 1. The second-order valence-electron chi connectivity index (χ2n) is 8.71. The van der Waals surface area contributed by atoms with Crippen LogP contribution in [0.5, 0.6) is 5.88 Å². The van der Waals surface area contributed by atoms with Crippen LogP contribution < -0.4 is 10.1 Å². The Morgan fingerprint density at radius 1 is 1.39 bits per heavy atom. The van der Waals surface area contributed by atoms with Gasteiger partial charge in [0.15, 0.2) is 5.82 Å². The Morgan fingerprint density at radius 3 is 2.91 bits per heavy atom. The molecule has 1 saturated carbocycles. The Kier molecular flexibility index (Phi) is 5.46. The van der Waals surface area contributed by atoms with Gasteiger partial charge < -0.3 is 24.4 Å². The van der Waals surface area contributed by atoms with Gasteiger partial charge in [-0.15, -0.1) is 0 Å². The third-order valence-electron chi connectivity index (χ3n) is 6.11. The molecule has 1 aromatic carbocycles. The zero-order valence-electron chi connectivity index (χ0n) is 17.8. The summed E-state index contributed by atoms with van der Waals surface area (Å²) in [6.07, 6.45) is 1.71. The molecule has 0 spiro atoms. The first-order valence-electron chi connectivity index (χ1n) is 10.6. The van der Waals surface area contributed by atoms with Crippen molar-refractivity contribution in [3.8, 4) is 11.9 Å². The van der Waals surface area contributed by atoms with Crippen molar-refractivity contribution in [2.24, 2.45) is 5.92 Å². The summed E-state index contributed by atoms with van der Waals surface area (Å²) in [6.45, 7) is 3.01. The van der Waals surface area contributed by atoms with E-state index in [2.05, 4.69) is 15.3 Å². The number of benzene rings is 1. The lowest BCUT2D eigenvalue weighted by Crippen LogP contribution is -2.53. The molecule has 2 aromatic rings. The van der Waals surface area contributed by atoms with E-state index in [0.717, 1.165) is 12.8 Å². The summed E-state index contributed by atoms with van der Waals surface area (Å²) in [5, 5.41) is 12.0. The molecule has 1 aliphatic carbocycles. The highest BCUT2D eigenvalue weighted by molar-refractivity contribution is 6.33. The van der Waals surface area contributed by atoms with Crippen LogP contribution in [0.4, 0.5) is 20.7 Å². The first-order chi connectivity index (χ1) is 15.8. The molecule has 3 heterocycles. The standard InChI is InChI=1S/C22H21ClFN5O4/c1-22(4-5-22)33-21(30)29-8-13-10-31-16(9-29)18(13)32-20-17(24)19(26-11-27-20)28-15-3-2-12(7-25)6-14(15)23/h2-3,6,11,13,16,18H,4-5,8-10H2,1H3,(H,26,27,28). The molecule has 9 nitrogen and oxygen atoms in total. The number of nitrogens with zero attached hydrogens (tertiary/aromatic N) is 4. The van der Waals surface area contributed by atoms with E-state index in [1.807, 2.05) is 13.0 Å². The van der Waals surface area contributed by atoms with Gasteiger partial charge in [-0.2, -0.15) is 14.6 Å². The van der Waals surface area contributed by atoms with Crippen molar-refractivity contribution in [1.82, 2.24) is 14.9 Å². The number of carbonyl (C=O) groups excluding carboxylic acids is 1. The fourth-order valence-electron chi connectivity index (χ4n) is 3.97. The van der Waals surface area contributed by atoms with Gasteiger partial charge >= 0.3 is 6.09 Å². The van der Waals surface area contributed by atoms with Crippen molar-refractivity contribution in [3.63, 3.8) is 0 Å². The Bertz CT molecular complexity index is 1120. The first kappa shape index (κ1) is 21.7. The molecule has 3 aliphatic rings. The molecule has 33 heavy (non-hydrogen) atoms. The molecule has 2 aliphatic heterocycles. The van der Waals surface area contributed by atoms with E-state index in [0.29, 0.717) is 30.9 Å². The summed E-state index contributed by atoms with van der Waals surface area (Å²) in [4.78, 5) is 22.0. The molecule has 2 saturated heterocycles. The summed E-state index contributed by atoms with van der Waals surface area (Å²) in [6, 6.07) is 6.58. The minimum Gasteiger partial charge on any atom is -0.469 e. The van der Waals surface area contributed by atoms with Crippen molar-refractivity contribution in [2.75, 3.05) is 25.0 Å². The highest BCUT2D eigenvalue weighted by Gasteiger charge is 2.49. The van der Waals surface area contributed by atoms with Gasteiger partial charge in [-0.3, -0.25) is 0 Å². The molecule has 1 N–H and O–H groups in total. The number of likely N-dealkylation sites (tertiary alicyclic amines) is 1. The minimum atomic E-state index is -0.777. The molecule has 3 fully saturated rings. The molecule has 3 atom stereocenters. The predicted octanol–water partition coefficient (Wildman–Crippen LogP) is 3.65. The van der Waals surface area contributed by atoms with Crippen molar-refractivity contribution >= 4 is 29.2 Å². The van der Waals surface area contributed by atoms with Crippen LogP contribution in [0.15, 0.2) is 24.5 Å². The van der Waals surface area contributed by atoms with Gasteiger partial charge in [-0.1, -0.05) is 11.6 Å². The molecule has 2 bridgehead atoms. The van der Waals surface area contributed by atoms with Gasteiger partial charge in [0, 0.05) is 12.5 Å². The number of ether oxygens (including phenoxy) is 3. The molecule has 1 amide bonds. The average molecular weight is 474 g/mol. The van der Waals surface area contributed by atoms with E-state index < -0.39 is 18.0 Å². The van der Waals surface area contributed by atoms with Crippen molar-refractivity contribution < 1.29 is 23.4 Å². The Balaban J connectivity index is 1.28. The van der Waals surface area contributed by atoms with Gasteiger partial charge in [-0.25, -0.2) is 9.78 Å². The topological polar surface area (TPSA) is 110 Å². The summed E-state index contributed by atoms with van der Waals surface area (Å²) in [7, 11) is 0. The quantitative estimate of drug-likeness (QED) is 0.700. The Hall–Kier alpha value is -3.16. The maximum atomic E-state index is 15.1. The molecule has 11 heteroatoms. The number of anilines is 2. The monoisotopic (exact) mass is 473 g/mol. The minimum absolute atomic E-state index is 0.112. The molecule has 0 radical (unpaired) electrons. The van der Waals surface area contributed by atoms with Crippen LogP contribution in [0, 0.1) is 23.1 Å². The first-order valence-corrected chi connectivity index (χ1v) is 11.0. The van der Waals surface area contributed by atoms with Gasteiger partial charge in [-0.05, 0) is 38.0 Å². The second kappa shape index (κ2) is 8.32. The number of rotatable bonds is 5. The maximum Gasteiger partial charge on any atom is 0.410 e. The maximum absolute atomic E-state index is 15.1. The van der Waals surface area contributed by atoms with Crippen LogP contribution in [-0.2, 0) is 9.47 Å². The van der Waals surface area contributed by atoms with Crippen molar-refractivity contribution in [1.29, 1.82) is 5.26 Å². The molecular weight excluding hydrogens is 453 g/mol. The number of nitrogens with one attached hydrogen (secondary N) is 1. The fraction of sp³-hybridized carbons (Fsp3) is 0.455. The molecule has 172 valence electrons. The van der Waals surface area contributed by atoms with Gasteiger partial charge in [0.1, 0.15) is 24.1 Å². The predicted molar refractivity (Wildman–Crippen MR) is 115 cm³/mol. The van der Waals surface area contributed by atoms with Crippen LogP contribution in [0.25, 0.3) is 0 Å². The second-order valence-corrected chi connectivity index (χ2v) is 9.12. The smallest absolute Gasteiger partial charge is 0.410 e. The van der Waals surface area contributed by atoms with Crippen LogP contribution in [-0.4, -0.2) is 58.5 Å². The highest BCUT2D eigenvalue weighted by atomic mass is 35.5. The number of halogens is 2. The average Bonchev–Trinajstić information content (AvgIpc) is 3.48. The fourth-order valence-corrected chi connectivity index (χ4v) is 4.20. The number of aromatic nitrogens is 2. The molecule has 5 rings (SSSR count). The summed E-state index contributed by atoms with van der Waals surface area (Å²) >= 11 is 6.17. The lowest BCUT2D eigenvalue weighted by atomic mass is 9.96. The summed E-state index contributed by atoms with van der Waals surface area (Å²) in [5.74, 6) is -1.24. The van der Waals surface area contributed by atoms with Crippen LogP contribution in [0.3, 0.4) is 0 Å². The number of amides is 1. The van der Waals surface area contributed by atoms with Gasteiger partial charge in [0.2, 0.25) is 5.82 Å². The van der Waals surface area contributed by atoms with E-state index in [-0.39, 0.29) is 34.3 Å². The zero-order chi connectivity index (χ0) is 23.2. The molecule has 1 aromatic heterocycles. The third kappa shape index (κ3) is 4.38. The molecule has 3 unspecified atom stereocenters. The number of hydrogen-bond donors (Lipinski definition) is 1. The van der Waals surface area contributed by atoms with Crippen molar-refractivity contribution in [2.45, 2.75) is 37.6 Å². The number of hydrogen-bond acceptors (Lipinski definition) is 8. The number of nitriles is 1. The Labute approximate surface area is 194 Å². The van der Waals surface area contributed by atoms with E-state index in [4.69, 9.17) is 31.1 Å². The lowest BCUT2D eigenvalue weighted by Gasteiger charge is -2.35. The SMILES string of the molecule is CC1(OC(=O)N2CC3COC(C2)C3Oc2ncnc(Nc3ccc(C#N)cc3Cl)c2F)CC1. The van der Waals surface area contributed by atoms with Gasteiger partial charge in [0.05, 0.1) is 35.5 Å². The largest absolute Gasteiger partial charge is 0.469 e. The zero-order valence-corrected chi connectivity index (χ0v) is 18.5.